The zero-order valence-electron chi connectivity index (χ0n) is 19.5. The summed E-state index contributed by atoms with van der Waals surface area (Å²) < 4.78 is 12.2. The lowest BCUT2D eigenvalue weighted by Crippen LogP contribution is -2.23. The van der Waals surface area contributed by atoms with Crippen molar-refractivity contribution in [2.45, 2.75) is 46.1 Å². The number of aromatic nitrogens is 1. The van der Waals surface area contributed by atoms with Gasteiger partial charge in [0.15, 0.2) is 6.61 Å². The van der Waals surface area contributed by atoms with Crippen LogP contribution in [0.2, 0.25) is 0 Å². The third-order valence-corrected chi connectivity index (χ3v) is 6.98. The van der Waals surface area contributed by atoms with E-state index in [0.29, 0.717) is 29.3 Å². The van der Waals surface area contributed by atoms with Gasteiger partial charge in [-0.15, -0.1) is 11.3 Å². The summed E-state index contributed by atoms with van der Waals surface area (Å²) in [4.78, 5) is 37.9. The summed E-state index contributed by atoms with van der Waals surface area (Å²) in [6.45, 7) is 4.41. The first-order valence-electron chi connectivity index (χ1n) is 11.0. The van der Waals surface area contributed by atoms with E-state index in [2.05, 4.69) is 5.32 Å². The number of carbonyl (C=O) groups is 3. The van der Waals surface area contributed by atoms with E-state index in [1.807, 2.05) is 30.6 Å². The molecule has 10 heteroatoms. The summed E-state index contributed by atoms with van der Waals surface area (Å²) in [7, 11) is 1.62. The molecule has 34 heavy (non-hydrogen) atoms. The molecule has 2 heterocycles. The van der Waals surface area contributed by atoms with Gasteiger partial charge in [-0.25, -0.2) is 4.79 Å². The van der Waals surface area contributed by atoms with Crippen molar-refractivity contribution in [3.63, 3.8) is 0 Å². The summed E-state index contributed by atoms with van der Waals surface area (Å²) in [6.07, 6.45) is 5.02. The van der Waals surface area contributed by atoms with Gasteiger partial charge in [0.25, 0.3) is 11.8 Å². The molecule has 2 aromatic rings. The Labute approximate surface area is 202 Å². The fourth-order valence-corrected chi connectivity index (χ4v) is 5.39. The Hall–Kier alpha value is -3.42. The van der Waals surface area contributed by atoms with Crippen LogP contribution < -0.4 is 11.1 Å². The van der Waals surface area contributed by atoms with Gasteiger partial charge in [0.05, 0.1) is 12.2 Å². The molecule has 2 amide bonds. The second kappa shape index (κ2) is 11.1. The highest BCUT2D eigenvalue weighted by molar-refractivity contribution is 7.17. The number of aryl methyl sites for hydroxylation is 2. The van der Waals surface area contributed by atoms with Crippen molar-refractivity contribution >= 4 is 40.2 Å². The molecule has 0 unspecified atom stereocenters. The fraction of sp³-hybridized carbons (Fsp3) is 0.417. The van der Waals surface area contributed by atoms with Crippen LogP contribution in [0.3, 0.4) is 0 Å². The Morgan fingerprint density at radius 3 is 2.71 bits per heavy atom. The molecule has 0 saturated heterocycles. The third kappa shape index (κ3) is 5.55. The Balaban J connectivity index is 1.67. The number of amides is 2. The number of rotatable bonds is 9. The van der Waals surface area contributed by atoms with E-state index in [9.17, 15) is 19.6 Å². The van der Waals surface area contributed by atoms with Crippen LogP contribution in [0.25, 0.3) is 6.08 Å². The molecule has 0 spiro atoms. The number of anilines is 1. The number of methoxy groups -OCH3 is 1. The standard InChI is InChI=1S/C24H28N4O5S/c1-14-10-16(15(2)28(14)8-9-32-3)11-17(12-25)24(31)33-13-20(29)27-23-21(22(26)30)18-6-4-5-7-19(18)34-23/h10-11H,4-9,13H2,1-3H3,(H2,26,30)(H,27,29)/b17-11+. The maximum Gasteiger partial charge on any atom is 0.349 e. The third-order valence-electron chi connectivity index (χ3n) is 5.78. The van der Waals surface area contributed by atoms with Crippen molar-refractivity contribution in [2.75, 3.05) is 25.6 Å². The predicted molar refractivity (Wildman–Crippen MR) is 128 cm³/mol. The van der Waals surface area contributed by atoms with E-state index in [1.165, 1.54) is 17.4 Å². The van der Waals surface area contributed by atoms with Gasteiger partial charge in [-0.2, -0.15) is 5.26 Å². The Morgan fingerprint density at radius 1 is 1.29 bits per heavy atom. The molecule has 3 rings (SSSR count). The van der Waals surface area contributed by atoms with Crippen molar-refractivity contribution in [3.05, 3.63) is 44.6 Å². The number of esters is 1. The quantitative estimate of drug-likeness (QED) is 0.319. The van der Waals surface area contributed by atoms with Gasteiger partial charge in [-0.05, 0) is 62.8 Å². The number of hydrogen-bond donors (Lipinski definition) is 2. The monoisotopic (exact) mass is 484 g/mol. The molecule has 0 saturated carbocycles. The second-order valence-electron chi connectivity index (χ2n) is 8.04. The number of thiophene rings is 1. The molecule has 9 nitrogen and oxygen atoms in total. The molecule has 1 aliphatic carbocycles. The maximum atomic E-state index is 12.5. The number of ether oxygens (including phenoxy) is 2. The first-order chi connectivity index (χ1) is 16.3. The van der Waals surface area contributed by atoms with E-state index >= 15 is 0 Å². The maximum absolute atomic E-state index is 12.5. The fourth-order valence-electron chi connectivity index (χ4n) is 4.08. The highest BCUT2D eigenvalue weighted by atomic mass is 32.1. The van der Waals surface area contributed by atoms with Crippen LogP contribution in [0.1, 0.15) is 50.6 Å². The summed E-state index contributed by atoms with van der Waals surface area (Å²) in [5.41, 5.74) is 9.12. The molecular weight excluding hydrogens is 456 g/mol. The number of nitriles is 1. The van der Waals surface area contributed by atoms with Crippen LogP contribution in [0.15, 0.2) is 11.6 Å². The molecule has 0 radical (unpaired) electrons. The second-order valence-corrected chi connectivity index (χ2v) is 9.15. The molecule has 0 fully saturated rings. The van der Waals surface area contributed by atoms with Crippen LogP contribution in [0.4, 0.5) is 5.00 Å². The molecule has 2 aromatic heterocycles. The lowest BCUT2D eigenvalue weighted by atomic mass is 9.95. The topological polar surface area (TPSA) is 136 Å². The number of fused-ring (bicyclic) bond motifs is 1. The van der Waals surface area contributed by atoms with Crippen molar-refractivity contribution in [1.29, 1.82) is 5.26 Å². The normalized spacial score (nSPS) is 13.2. The average Bonchev–Trinajstić information content (AvgIpc) is 3.30. The van der Waals surface area contributed by atoms with E-state index in [-0.39, 0.29) is 5.57 Å². The minimum atomic E-state index is -0.903. The average molecular weight is 485 g/mol. The van der Waals surface area contributed by atoms with Gasteiger partial charge in [0.2, 0.25) is 0 Å². The van der Waals surface area contributed by atoms with Crippen LogP contribution in [0.5, 0.6) is 0 Å². The van der Waals surface area contributed by atoms with Gasteiger partial charge in [-0.3, -0.25) is 9.59 Å². The van der Waals surface area contributed by atoms with E-state index in [1.54, 1.807) is 7.11 Å². The lowest BCUT2D eigenvalue weighted by molar-refractivity contribution is -0.142. The van der Waals surface area contributed by atoms with E-state index in [0.717, 1.165) is 47.5 Å². The van der Waals surface area contributed by atoms with Crippen molar-refractivity contribution in [1.82, 2.24) is 4.57 Å². The zero-order valence-corrected chi connectivity index (χ0v) is 20.3. The predicted octanol–water partition coefficient (Wildman–Crippen LogP) is 2.88. The van der Waals surface area contributed by atoms with Crippen molar-refractivity contribution in [3.8, 4) is 6.07 Å². The van der Waals surface area contributed by atoms with E-state index in [4.69, 9.17) is 15.2 Å². The van der Waals surface area contributed by atoms with Gasteiger partial charge in [-0.1, -0.05) is 0 Å². The first kappa shape index (κ1) is 25.2. The molecule has 180 valence electrons. The van der Waals surface area contributed by atoms with Gasteiger partial charge in [0.1, 0.15) is 16.6 Å². The Kier molecular flexibility index (Phi) is 8.26. The number of nitrogens with two attached hydrogens (primary N) is 1. The van der Waals surface area contributed by atoms with Crippen molar-refractivity contribution in [2.24, 2.45) is 5.73 Å². The molecule has 0 aliphatic heterocycles. The van der Waals surface area contributed by atoms with Crippen LogP contribution in [-0.2, 0) is 38.4 Å². The largest absolute Gasteiger partial charge is 0.451 e. The molecule has 1 aliphatic rings. The Morgan fingerprint density at radius 2 is 2.03 bits per heavy atom. The molecule has 0 aromatic carbocycles. The van der Waals surface area contributed by atoms with Gasteiger partial charge < -0.3 is 25.1 Å². The van der Waals surface area contributed by atoms with Crippen LogP contribution in [-0.4, -0.2) is 42.7 Å². The van der Waals surface area contributed by atoms with E-state index < -0.39 is 24.4 Å². The number of nitrogens with zero attached hydrogens (tertiary/aromatic N) is 2. The highest BCUT2D eigenvalue weighted by Crippen LogP contribution is 2.37. The molecule has 3 N–H and O–H groups in total. The number of carbonyl (C=O) groups excluding carboxylic acids is 3. The smallest absolute Gasteiger partial charge is 0.349 e. The zero-order chi connectivity index (χ0) is 24.8. The van der Waals surface area contributed by atoms with Crippen LogP contribution in [0, 0.1) is 25.2 Å². The summed E-state index contributed by atoms with van der Waals surface area (Å²) in [6, 6.07) is 3.71. The Bertz CT molecular complexity index is 1190. The highest BCUT2D eigenvalue weighted by Gasteiger charge is 2.25. The summed E-state index contributed by atoms with van der Waals surface area (Å²) in [5, 5.41) is 12.5. The van der Waals surface area contributed by atoms with Gasteiger partial charge >= 0.3 is 5.97 Å². The lowest BCUT2D eigenvalue weighted by Gasteiger charge is -2.11. The van der Waals surface area contributed by atoms with Crippen molar-refractivity contribution < 1.29 is 23.9 Å². The number of nitrogens with one attached hydrogen (secondary N) is 1. The minimum absolute atomic E-state index is 0.218. The summed E-state index contributed by atoms with van der Waals surface area (Å²) in [5.74, 6) is -2.10. The SMILES string of the molecule is COCCn1c(C)cc(/C=C(\C#N)C(=O)OCC(=O)Nc2sc3c(c2C(N)=O)CCCC3)c1C. The van der Waals surface area contributed by atoms with Gasteiger partial charge in [0, 0.05) is 29.9 Å². The molecular formula is C24H28N4O5S. The molecule has 0 atom stereocenters. The summed E-state index contributed by atoms with van der Waals surface area (Å²) >= 11 is 1.33. The molecule has 0 bridgehead atoms. The minimum Gasteiger partial charge on any atom is -0.451 e. The van der Waals surface area contributed by atoms with Crippen LogP contribution >= 0.6 is 11.3 Å². The first-order valence-corrected chi connectivity index (χ1v) is 11.8. The number of primary amides is 1. The number of hydrogen-bond acceptors (Lipinski definition) is 7.